The number of halogens is 1. The van der Waals surface area contributed by atoms with Crippen LogP contribution < -0.4 is 4.74 Å². The van der Waals surface area contributed by atoms with Crippen molar-refractivity contribution in [2.24, 2.45) is 0 Å². The van der Waals surface area contributed by atoms with E-state index in [0.29, 0.717) is 30.8 Å². The van der Waals surface area contributed by atoms with E-state index in [0.717, 1.165) is 25.2 Å². The van der Waals surface area contributed by atoms with Gasteiger partial charge in [0.1, 0.15) is 11.6 Å². The predicted octanol–water partition coefficient (Wildman–Crippen LogP) is 2.83. The second kappa shape index (κ2) is 8.12. The lowest BCUT2D eigenvalue weighted by Crippen LogP contribution is -2.49. The fourth-order valence-electron chi connectivity index (χ4n) is 3.09. The number of nitrogens with zero attached hydrogens (tertiary/aromatic N) is 2. The molecule has 0 aliphatic carbocycles. The Morgan fingerprint density at radius 2 is 1.84 bits per heavy atom. The molecule has 0 saturated carbocycles. The number of rotatable bonds is 5. The van der Waals surface area contributed by atoms with Crippen LogP contribution in [0.5, 0.6) is 5.75 Å². The Kier molecular flexibility index (Phi) is 5.66. The first-order chi connectivity index (χ1) is 12.2. The van der Waals surface area contributed by atoms with Crippen molar-refractivity contribution in [3.05, 3.63) is 65.5 Å². The van der Waals surface area contributed by atoms with Crippen molar-refractivity contribution >= 4 is 5.91 Å². The summed E-state index contributed by atoms with van der Waals surface area (Å²) in [6.07, 6.45) is 0.691. The summed E-state index contributed by atoms with van der Waals surface area (Å²) in [4.78, 5) is 16.7. The van der Waals surface area contributed by atoms with Gasteiger partial charge >= 0.3 is 0 Å². The van der Waals surface area contributed by atoms with Gasteiger partial charge in [0.2, 0.25) is 0 Å². The fourth-order valence-corrected chi connectivity index (χ4v) is 3.09. The summed E-state index contributed by atoms with van der Waals surface area (Å²) in [5.41, 5.74) is 1.40. The van der Waals surface area contributed by atoms with Gasteiger partial charge in [0.25, 0.3) is 5.91 Å². The van der Waals surface area contributed by atoms with E-state index in [4.69, 9.17) is 4.74 Å². The molecule has 0 aromatic heterocycles. The largest absolute Gasteiger partial charge is 0.497 e. The zero-order valence-electron chi connectivity index (χ0n) is 14.5. The van der Waals surface area contributed by atoms with Gasteiger partial charge in [-0.1, -0.05) is 24.3 Å². The van der Waals surface area contributed by atoms with Crippen molar-refractivity contribution in [3.8, 4) is 5.75 Å². The number of carbonyl (C=O) groups excluding carboxylic acids is 1. The van der Waals surface area contributed by atoms with Gasteiger partial charge in [0.05, 0.1) is 7.11 Å². The molecule has 1 aliphatic rings. The number of amides is 1. The zero-order valence-corrected chi connectivity index (χ0v) is 14.5. The van der Waals surface area contributed by atoms with Crippen molar-refractivity contribution in [2.75, 3.05) is 39.8 Å². The van der Waals surface area contributed by atoms with E-state index in [1.54, 1.807) is 19.2 Å². The molecular weight excluding hydrogens is 319 g/mol. The molecule has 3 rings (SSSR count). The highest BCUT2D eigenvalue weighted by molar-refractivity contribution is 5.94. The van der Waals surface area contributed by atoms with Crippen molar-refractivity contribution in [3.63, 3.8) is 0 Å². The molecule has 0 atom stereocenters. The van der Waals surface area contributed by atoms with Gasteiger partial charge < -0.3 is 9.64 Å². The number of carbonyl (C=O) groups is 1. The molecule has 2 aromatic carbocycles. The lowest BCUT2D eigenvalue weighted by Gasteiger charge is -2.34. The van der Waals surface area contributed by atoms with Crippen LogP contribution in [0.25, 0.3) is 0 Å². The van der Waals surface area contributed by atoms with E-state index in [1.807, 2.05) is 35.2 Å². The zero-order chi connectivity index (χ0) is 17.6. The summed E-state index contributed by atoms with van der Waals surface area (Å²) < 4.78 is 18.9. The molecule has 0 N–H and O–H groups in total. The third-order valence-electron chi connectivity index (χ3n) is 4.63. The molecule has 5 heteroatoms. The van der Waals surface area contributed by atoms with Crippen LogP contribution in [0.4, 0.5) is 4.39 Å². The van der Waals surface area contributed by atoms with Crippen molar-refractivity contribution in [2.45, 2.75) is 6.42 Å². The maximum atomic E-state index is 13.7. The maximum Gasteiger partial charge on any atom is 0.254 e. The molecular formula is C20H23FN2O2. The molecule has 0 radical (unpaired) electrons. The Balaban J connectivity index is 1.51. The molecule has 1 heterocycles. The molecule has 25 heavy (non-hydrogen) atoms. The van der Waals surface area contributed by atoms with Gasteiger partial charge in [-0.2, -0.15) is 0 Å². The Labute approximate surface area is 147 Å². The lowest BCUT2D eigenvalue weighted by atomic mass is 10.1. The number of ether oxygens (including phenoxy) is 1. The highest BCUT2D eigenvalue weighted by Crippen LogP contribution is 2.16. The molecule has 1 amide bonds. The van der Waals surface area contributed by atoms with Crippen LogP contribution >= 0.6 is 0 Å². The van der Waals surface area contributed by atoms with Crippen LogP contribution in [-0.4, -0.2) is 55.5 Å². The van der Waals surface area contributed by atoms with Crippen LogP contribution in [0.3, 0.4) is 0 Å². The second-order valence-electron chi connectivity index (χ2n) is 6.21. The first-order valence-corrected chi connectivity index (χ1v) is 8.56. The summed E-state index contributed by atoms with van der Waals surface area (Å²) in [6, 6.07) is 14.2. The van der Waals surface area contributed by atoms with Crippen LogP contribution in [0.1, 0.15) is 15.9 Å². The lowest BCUT2D eigenvalue weighted by molar-refractivity contribution is 0.0638. The summed E-state index contributed by atoms with van der Waals surface area (Å²) in [6.45, 7) is 3.80. The van der Waals surface area contributed by atoms with E-state index in [2.05, 4.69) is 4.90 Å². The Morgan fingerprint density at radius 1 is 1.08 bits per heavy atom. The monoisotopic (exact) mass is 342 g/mol. The van der Waals surface area contributed by atoms with Gasteiger partial charge in [0.15, 0.2) is 0 Å². The minimum atomic E-state index is -0.144. The number of hydrogen-bond acceptors (Lipinski definition) is 3. The highest BCUT2D eigenvalue weighted by Gasteiger charge is 2.22. The molecule has 1 saturated heterocycles. The number of hydrogen-bond donors (Lipinski definition) is 0. The Bertz CT molecular complexity index is 727. The van der Waals surface area contributed by atoms with Gasteiger partial charge in [-0.3, -0.25) is 9.69 Å². The average molecular weight is 342 g/mol. The van der Waals surface area contributed by atoms with E-state index >= 15 is 0 Å². The van der Waals surface area contributed by atoms with Gasteiger partial charge in [-0.05, 0) is 36.2 Å². The Hall–Kier alpha value is -2.40. The fraction of sp³-hybridized carbons (Fsp3) is 0.350. The first kappa shape index (κ1) is 17.4. The van der Waals surface area contributed by atoms with E-state index in [1.165, 1.54) is 6.07 Å². The maximum absolute atomic E-state index is 13.7. The van der Waals surface area contributed by atoms with E-state index in [-0.39, 0.29) is 11.7 Å². The van der Waals surface area contributed by atoms with Crippen molar-refractivity contribution in [1.29, 1.82) is 0 Å². The highest BCUT2D eigenvalue weighted by atomic mass is 19.1. The molecule has 0 unspecified atom stereocenters. The van der Waals surface area contributed by atoms with Crippen molar-refractivity contribution < 1.29 is 13.9 Å². The smallest absolute Gasteiger partial charge is 0.254 e. The molecule has 0 spiro atoms. The van der Waals surface area contributed by atoms with E-state index in [9.17, 15) is 9.18 Å². The number of methoxy groups -OCH3 is 1. The van der Waals surface area contributed by atoms with Crippen molar-refractivity contribution in [1.82, 2.24) is 9.80 Å². The third-order valence-corrected chi connectivity index (χ3v) is 4.63. The molecule has 0 bridgehead atoms. The molecule has 132 valence electrons. The molecule has 1 fully saturated rings. The number of benzene rings is 2. The SMILES string of the molecule is COc1cccc(C(=O)N2CCN(CCc3ccccc3F)CC2)c1. The summed E-state index contributed by atoms with van der Waals surface area (Å²) in [5.74, 6) is 0.580. The molecule has 1 aliphatic heterocycles. The first-order valence-electron chi connectivity index (χ1n) is 8.56. The second-order valence-corrected chi connectivity index (χ2v) is 6.21. The third kappa shape index (κ3) is 4.37. The van der Waals surface area contributed by atoms with E-state index < -0.39 is 0 Å². The summed E-state index contributed by atoms with van der Waals surface area (Å²) in [7, 11) is 1.60. The minimum Gasteiger partial charge on any atom is -0.497 e. The number of piperazine rings is 1. The normalized spacial score (nSPS) is 15.2. The Morgan fingerprint density at radius 3 is 2.56 bits per heavy atom. The topological polar surface area (TPSA) is 32.8 Å². The predicted molar refractivity (Wildman–Crippen MR) is 95.4 cm³/mol. The average Bonchev–Trinajstić information content (AvgIpc) is 2.67. The molecule has 4 nitrogen and oxygen atoms in total. The van der Waals surface area contributed by atoms with Crippen LogP contribution in [0.15, 0.2) is 48.5 Å². The summed E-state index contributed by atoms with van der Waals surface area (Å²) >= 11 is 0. The standard InChI is InChI=1S/C20H23FN2O2/c1-25-18-7-4-6-17(15-18)20(24)23-13-11-22(12-14-23)10-9-16-5-2-3-8-19(16)21/h2-8,15H,9-14H2,1H3. The quantitative estimate of drug-likeness (QED) is 0.838. The van der Waals surface area contributed by atoms with Gasteiger partial charge in [-0.25, -0.2) is 4.39 Å². The minimum absolute atomic E-state index is 0.0349. The van der Waals surface area contributed by atoms with Crippen LogP contribution in [-0.2, 0) is 6.42 Å². The summed E-state index contributed by atoms with van der Waals surface area (Å²) in [5, 5.41) is 0. The van der Waals surface area contributed by atoms with Crippen LogP contribution in [0, 0.1) is 5.82 Å². The molecule has 2 aromatic rings. The van der Waals surface area contributed by atoms with Gasteiger partial charge in [0, 0.05) is 38.3 Å². The van der Waals surface area contributed by atoms with Gasteiger partial charge in [-0.15, -0.1) is 0 Å². The van der Waals surface area contributed by atoms with Crippen LogP contribution in [0.2, 0.25) is 0 Å².